The van der Waals surface area contributed by atoms with Crippen LogP contribution in [-0.2, 0) is 0 Å². The van der Waals surface area contributed by atoms with E-state index in [9.17, 15) is 0 Å². The van der Waals surface area contributed by atoms with E-state index in [2.05, 4.69) is 90.9 Å². The Hall–Kier alpha value is -3.20. The van der Waals surface area contributed by atoms with Crippen LogP contribution in [0.15, 0.2) is 79.0 Å². The number of aromatic nitrogens is 3. The van der Waals surface area contributed by atoms with E-state index >= 15 is 0 Å². The quantitative estimate of drug-likeness (QED) is 0.517. The highest BCUT2D eigenvalue weighted by Gasteiger charge is 2.12. The molecule has 0 saturated heterocycles. The van der Waals surface area contributed by atoms with E-state index in [0.29, 0.717) is 0 Å². The summed E-state index contributed by atoms with van der Waals surface area (Å²) in [5.41, 5.74) is 7.86. The monoisotopic (exact) mass is 325 g/mol. The van der Waals surface area contributed by atoms with E-state index < -0.39 is 0 Å². The van der Waals surface area contributed by atoms with E-state index in [-0.39, 0.29) is 0 Å². The third-order valence-corrected chi connectivity index (χ3v) is 4.43. The van der Waals surface area contributed by atoms with Gasteiger partial charge in [0.2, 0.25) is 0 Å². The van der Waals surface area contributed by atoms with Crippen molar-refractivity contribution in [1.82, 2.24) is 15.0 Å². The van der Waals surface area contributed by atoms with Crippen LogP contribution in [0.2, 0.25) is 0 Å². The Labute approximate surface area is 147 Å². The molecule has 0 aliphatic heterocycles. The average molecular weight is 325 g/mol. The van der Waals surface area contributed by atoms with Crippen LogP contribution in [-0.4, -0.2) is 15.0 Å². The Morgan fingerprint density at radius 3 is 2.04 bits per heavy atom. The molecule has 0 bridgehead atoms. The van der Waals surface area contributed by atoms with Crippen molar-refractivity contribution in [2.45, 2.75) is 13.8 Å². The van der Waals surface area contributed by atoms with E-state index in [0.717, 1.165) is 16.9 Å². The number of nitrogens with zero attached hydrogens (tertiary/aromatic N) is 3. The summed E-state index contributed by atoms with van der Waals surface area (Å²) in [5.74, 6) is 0. The zero-order valence-corrected chi connectivity index (χ0v) is 14.3. The minimum Gasteiger partial charge on any atom is -0.220 e. The number of benzene rings is 3. The Bertz CT molecular complexity index is 1010. The predicted octanol–water partition coefficient (Wildman–Crippen LogP) is 5.22. The van der Waals surface area contributed by atoms with Gasteiger partial charge in [-0.15, -0.1) is 5.10 Å². The fourth-order valence-corrected chi connectivity index (χ4v) is 3.03. The van der Waals surface area contributed by atoms with Crippen LogP contribution < -0.4 is 0 Å². The van der Waals surface area contributed by atoms with Gasteiger partial charge in [-0.1, -0.05) is 71.4 Å². The van der Waals surface area contributed by atoms with Gasteiger partial charge in [0.15, 0.2) is 0 Å². The minimum atomic E-state index is 0.874. The fourth-order valence-electron chi connectivity index (χ4n) is 3.03. The Balaban J connectivity index is 1.79. The van der Waals surface area contributed by atoms with Crippen LogP contribution in [0.1, 0.15) is 11.1 Å². The summed E-state index contributed by atoms with van der Waals surface area (Å²) in [4.78, 5) is 0. The van der Waals surface area contributed by atoms with Gasteiger partial charge in [0.25, 0.3) is 0 Å². The van der Waals surface area contributed by atoms with E-state index in [1.807, 2.05) is 16.9 Å². The molecule has 0 N–H and O–H groups in total. The molecule has 0 spiro atoms. The molecule has 0 fully saturated rings. The number of hydrogen-bond acceptors (Lipinski definition) is 2. The number of hydrogen-bond donors (Lipinski definition) is 0. The largest absolute Gasteiger partial charge is 0.220 e. The molecule has 0 saturated carbocycles. The highest BCUT2D eigenvalue weighted by molar-refractivity contribution is 5.83. The molecule has 0 radical (unpaired) electrons. The summed E-state index contributed by atoms with van der Waals surface area (Å²) in [6.07, 6.45) is 1.99. The first-order valence-electron chi connectivity index (χ1n) is 8.37. The molecule has 0 amide bonds. The third-order valence-electron chi connectivity index (χ3n) is 4.43. The zero-order valence-electron chi connectivity index (χ0n) is 14.3. The summed E-state index contributed by atoms with van der Waals surface area (Å²) < 4.78 is 1.82. The van der Waals surface area contributed by atoms with Gasteiger partial charge in [0, 0.05) is 5.56 Å². The SMILES string of the molecule is Cc1ccc(-n2cc(-c3ccccc3-c3ccccc3C)nn2)cc1. The van der Waals surface area contributed by atoms with E-state index in [1.54, 1.807) is 0 Å². The molecule has 1 heterocycles. The number of aryl methyl sites for hydroxylation is 2. The third kappa shape index (κ3) is 2.96. The van der Waals surface area contributed by atoms with Crippen LogP contribution in [0, 0.1) is 13.8 Å². The normalized spacial score (nSPS) is 10.8. The first kappa shape index (κ1) is 15.3. The van der Waals surface area contributed by atoms with Crippen molar-refractivity contribution < 1.29 is 0 Å². The summed E-state index contributed by atoms with van der Waals surface area (Å²) in [7, 11) is 0. The number of rotatable bonds is 3. The predicted molar refractivity (Wildman–Crippen MR) is 102 cm³/mol. The molecule has 122 valence electrons. The van der Waals surface area contributed by atoms with Gasteiger partial charge in [-0.2, -0.15) is 0 Å². The molecule has 0 aliphatic rings. The Morgan fingerprint density at radius 1 is 0.680 bits per heavy atom. The van der Waals surface area contributed by atoms with Crippen molar-refractivity contribution in [3.05, 3.63) is 90.1 Å². The molecule has 3 aromatic carbocycles. The van der Waals surface area contributed by atoms with Crippen LogP contribution in [0.5, 0.6) is 0 Å². The fraction of sp³-hybridized carbons (Fsp3) is 0.0909. The second-order valence-electron chi connectivity index (χ2n) is 6.24. The molecule has 1 aromatic heterocycles. The summed E-state index contributed by atoms with van der Waals surface area (Å²) in [5, 5.41) is 8.73. The molecule has 0 aliphatic carbocycles. The molecule has 25 heavy (non-hydrogen) atoms. The minimum absolute atomic E-state index is 0.874. The lowest BCUT2D eigenvalue weighted by molar-refractivity contribution is 0.803. The van der Waals surface area contributed by atoms with Gasteiger partial charge in [0.1, 0.15) is 5.69 Å². The second kappa shape index (κ2) is 6.36. The topological polar surface area (TPSA) is 30.7 Å². The first-order chi connectivity index (χ1) is 12.2. The molecule has 3 nitrogen and oxygen atoms in total. The van der Waals surface area contributed by atoms with Gasteiger partial charge in [0.05, 0.1) is 11.9 Å². The molecule has 4 aromatic rings. The zero-order chi connectivity index (χ0) is 17.2. The first-order valence-corrected chi connectivity index (χ1v) is 8.37. The molecular formula is C22H19N3. The molecule has 0 unspecified atom stereocenters. The van der Waals surface area contributed by atoms with Gasteiger partial charge >= 0.3 is 0 Å². The summed E-state index contributed by atoms with van der Waals surface area (Å²) >= 11 is 0. The van der Waals surface area contributed by atoms with Gasteiger partial charge in [-0.3, -0.25) is 0 Å². The maximum Gasteiger partial charge on any atom is 0.114 e. The molecule has 3 heteroatoms. The Kier molecular flexibility index (Phi) is 3.90. The average Bonchev–Trinajstić information content (AvgIpc) is 3.13. The molecular weight excluding hydrogens is 306 g/mol. The second-order valence-corrected chi connectivity index (χ2v) is 6.24. The van der Waals surface area contributed by atoms with Crippen molar-refractivity contribution in [2.24, 2.45) is 0 Å². The van der Waals surface area contributed by atoms with Crippen molar-refractivity contribution in [3.8, 4) is 28.1 Å². The maximum absolute atomic E-state index is 4.41. The van der Waals surface area contributed by atoms with E-state index in [1.165, 1.54) is 22.3 Å². The smallest absolute Gasteiger partial charge is 0.114 e. The van der Waals surface area contributed by atoms with Crippen molar-refractivity contribution in [2.75, 3.05) is 0 Å². The molecule has 0 atom stereocenters. The highest BCUT2D eigenvalue weighted by Crippen LogP contribution is 2.32. The van der Waals surface area contributed by atoms with Gasteiger partial charge in [-0.05, 0) is 42.7 Å². The lowest BCUT2D eigenvalue weighted by Crippen LogP contribution is -1.94. The highest BCUT2D eigenvalue weighted by atomic mass is 15.4. The standard InChI is InChI=1S/C22H19N3/c1-16-11-13-18(14-12-16)25-15-22(23-24-25)21-10-6-5-9-20(21)19-8-4-3-7-17(19)2/h3-15H,1-2H3. The van der Waals surface area contributed by atoms with Gasteiger partial charge < -0.3 is 0 Å². The lowest BCUT2D eigenvalue weighted by atomic mass is 9.95. The van der Waals surface area contributed by atoms with Crippen molar-refractivity contribution in [1.29, 1.82) is 0 Å². The van der Waals surface area contributed by atoms with Crippen LogP contribution in [0.3, 0.4) is 0 Å². The van der Waals surface area contributed by atoms with E-state index in [4.69, 9.17) is 0 Å². The maximum atomic E-state index is 4.41. The van der Waals surface area contributed by atoms with Crippen LogP contribution >= 0.6 is 0 Å². The van der Waals surface area contributed by atoms with Crippen LogP contribution in [0.4, 0.5) is 0 Å². The van der Waals surface area contributed by atoms with Crippen LogP contribution in [0.25, 0.3) is 28.1 Å². The lowest BCUT2D eigenvalue weighted by Gasteiger charge is -2.10. The van der Waals surface area contributed by atoms with Gasteiger partial charge in [-0.25, -0.2) is 4.68 Å². The summed E-state index contributed by atoms with van der Waals surface area (Å²) in [6.45, 7) is 4.21. The molecule has 4 rings (SSSR count). The Morgan fingerprint density at radius 2 is 1.32 bits per heavy atom. The van der Waals surface area contributed by atoms with Crippen molar-refractivity contribution >= 4 is 0 Å². The van der Waals surface area contributed by atoms with Crippen molar-refractivity contribution in [3.63, 3.8) is 0 Å². The summed E-state index contributed by atoms with van der Waals surface area (Å²) in [6, 6.07) is 25.1.